The molecular formula is C29H37N3O4S. The van der Waals surface area contributed by atoms with E-state index in [4.69, 9.17) is 0 Å². The molecule has 0 bridgehead atoms. The number of hydrogen-bond acceptors (Lipinski definition) is 4. The van der Waals surface area contributed by atoms with Gasteiger partial charge >= 0.3 is 0 Å². The third kappa shape index (κ3) is 7.32. The lowest BCUT2D eigenvalue weighted by Crippen LogP contribution is -2.52. The Hall–Kier alpha value is -3.39. The van der Waals surface area contributed by atoms with Gasteiger partial charge in [-0.3, -0.25) is 13.9 Å². The van der Waals surface area contributed by atoms with Gasteiger partial charge in [0.2, 0.25) is 21.8 Å². The van der Waals surface area contributed by atoms with Crippen molar-refractivity contribution in [3.63, 3.8) is 0 Å². The normalized spacial score (nSPS) is 12.2. The molecule has 3 rings (SSSR count). The van der Waals surface area contributed by atoms with E-state index in [1.165, 1.54) is 4.90 Å². The summed E-state index contributed by atoms with van der Waals surface area (Å²) in [5.41, 5.74) is 2.39. The Bertz CT molecular complexity index is 1320. The van der Waals surface area contributed by atoms with Gasteiger partial charge < -0.3 is 10.2 Å². The molecule has 0 heterocycles. The molecule has 0 spiro atoms. The number of carbonyl (C=O) groups is 2. The van der Waals surface area contributed by atoms with Crippen LogP contribution in [0.2, 0.25) is 0 Å². The predicted octanol–water partition coefficient (Wildman–Crippen LogP) is 4.64. The van der Waals surface area contributed by atoms with Gasteiger partial charge in [0.15, 0.2) is 0 Å². The van der Waals surface area contributed by atoms with E-state index in [-0.39, 0.29) is 12.5 Å². The van der Waals surface area contributed by atoms with Crippen molar-refractivity contribution in [2.75, 3.05) is 23.7 Å². The van der Waals surface area contributed by atoms with E-state index in [0.717, 1.165) is 45.3 Å². The first-order valence-corrected chi connectivity index (χ1v) is 14.6. The molecule has 3 aromatic carbocycles. The smallest absolute Gasteiger partial charge is 0.244 e. The quantitative estimate of drug-likeness (QED) is 0.351. The molecule has 0 saturated carbocycles. The molecule has 0 unspecified atom stereocenters. The van der Waals surface area contributed by atoms with E-state index in [1.807, 2.05) is 75.4 Å². The van der Waals surface area contributed by atoms with Crippen molar-refractivity contribution >= 4 is 38.3 Å². The molecule has 3 aromatic rings. The Labute approximate surface area is 220 Å². The molecule has 0 aliphatic rings. The van der Waals surface area contributed by atoms with Crippen molar-refractivity contribution in [2.24, 2.45) is 0 Å². The van der Waals surface area contributed by atoms with E-state index in [1.54, 1.807) is 12.1 Å². The highest BCUT2D eigenvalue weighted by Crippen LogP contribution is 2.28. The molecule has 37 heavy (non-hydrogen) atoms. The second-order valence-electron chi connectivity index (χ2n) is 9.34. The zero-order valence-corrected chi connectivity index (χ0v) is 22.9. The van der Waals surface area contributed by atoms with Crippen LogP contribution in [0.3, 0.4) is 0 Å². The summed E-state index contributed by atoms with van der Waals surface area (Å²) in [6.07, 6.45) is 3.29. The average Bonchev–Trinajstić information content (AvgIpc) is 2.87. The Balaban J connectivity index is 1.98. The van der Waals surface area contributed by atoms with Crippen LogP contribution < -0.4 is 9.62 Å². The standard InChI is InChI=1S/C29H37N3O4S/c1-5-7-19-30-29(34)26(6-2)31(20-23-17-15-22(3)16-18-23)28(33)21-32(37(4,35)36)27-14-10-12-24-11-8-9-13-25(24)27/h8-18,26H,5-7,19-21H2,1-4H3,(H,30,34)/t26-/m0/s1. The molecule has 1 N–H and O–H groups in total. The molecule has 0 radical (unpaired) electrons. The van der Waals surface area contributed by atoms with Crippen molar-refractivity contribution in [1.82, 2.24) is 10.2 Å². The molecule has 198 valence electrons. The summed E-state index contributed by atoms with van der Waals surface area (Å²) in [4.78, 5) is 28.5. The number of hydrogen-bond donors (Lipinski definition) is 1. The number of anilines is 1. The van der Waals surface area contributed by atoms with E-state index < -0.39 is 28.5 Å². The summed E-state index contributed by atoms with van der Waals surface area (Å²) in [6, 6.07) is 19.9. The third-order valence-electron chi connectivity index (χ3n) is 6.40. The number of fused-ring (bicyclic) bond motifs is 1. The van der Waals surface area contributed by atoms with E-state index >= 15 is 0 Å². The van der Waals surface area contributed by atoms with Crippen LogP contribution in [0.1, 0.15) is 44.2 Å². The van der Waals surface area contributed by atoms with Crippen LogP contribution in [-0.2, 0) is 26.2 Å². The minimum atomic E-state index is -3.80. The Kier molecular flexibility index (Phi) is 9.69. The van der Waals surface area contributed by atoms with Crippen molar-refractivity contribution < 1.29 is 18.0 Å². The lowest BCUT2D eigenvalue weighted by atomic mass is 10.1. The minimum absolute atomic E-state index is 0.200. The lowest BCUT2D eigenvalue weighted by molar-refractivity contribution is -0.140. The summed E-state index contributed by atoms with van der Waals surface area (Å²) in [5.74, 6) is -0.663. The molecule has 0 aliphatic heterocycles. The van der Waals surface area contributed by atoms with Crippen LogP contribution in [0.4, 0.5) is 5.69 Å². The maximum atomic E-state index is 13.9. The highest BCUT2D eigenvalue weighted by molar-refractivity contribution is 7.92. The second kappa shape index (κ2) is 12.7. The van der Waals surface area contributed by atoms with Crippen molar-refractivity contribution in [3.8, 4) is 0 Å². The highest BCUT2D eigenvalue weighted by atomic mass is 32.2. The van der Waals surface area contributed by atoms with Crippen LogP contribution >= 0.6 is 0 Å². The van der Waals surface area contributed by atoms with Gasteiger partial charge in [-0.15, -0.1) is 0 Å². The number of rotatable bonds is 12. The summed E-state index contributed by atoms with van der Waals surface area (Å²) in [6.45, 7) is 6.21. The molecule has 2 amide bonds. The topological polar surface area (TPSA) is 86.8 Å². The first kappa shape index (κ1) is 28.2. The predicted molar refractivity (Wildman–Crippen MR) is 150 cm³/mol. The second-order valence-corrected chi connectivity index (χ2v) is 11.3. The van der Waals surface area contributed by atoms with Crippen molar-refractivity contribution in [3.05, 3.63) is 77.9 Å². The fourth-order valence-electron chi connectivity index (χ4n) is 4.34. The molecule has 0 aliphatic carbocycles. The summed E-state index contributed by atoms with van der Waals surface area (Å²) >= 11 is 0. The zero-order chi connectivity index (χ0) is 27.0. The van der Waals surface area contributed by atoms with Crippen molar-refractivity contribution in [1.29, 1.82) is 0 Å². The molecule has 1 atom stereocenters. The van der Waals surface area contributed by atoms with E-state index in [0.29, 0.717) is 18.7 Å². The summed E-state index contributed by atoms with van der Waals surface area (Å²) in [7, 11) is -3.80. The molecule has 0 saturated heterocycles. The Morgan fingerprint density at radius 1 is 0.946 bits per heavy atom. The van der Waals surface area contributed by atoms with Gasteiger partial charge in [0.25, 0.3) is 0 Å². The maximum Gasteiger partial charge on any atom is 0.244 e. The number of amides is 2. The first-order chi connectivity index (χ1) is 17.7. The number of nitrogens with one attached hydrogen (secondary N) is 1. The van der Waals surface area contributed by atoms with Gasteiger partial charge in [-0.1, -0.05) is 86.5 Å². The van der Waals surface area contributed by atoms with Gasteiger partial charge in [0.1, 0.15) is 12.6 Å². The molecule has 0 aromatic heterocycles. The highest BCUT2D eigenvalue weighted by Gasteiger charge is 2.32. The van der Waals surface area contributed by atoms with Gasteiger partial charge in [-0.25, -0.2) is 8.42 Å². The van der Waals surface area contributed by atoms with Gasteiger partial charge in [0.05, 0.1) is 11.9 Å². The fraction of sp³-hybridized carbons (Fsp3) is 0.379. The van der Waals surface area contributed by atoms with Crippen LogP contribution in [-0.4, -0.2) is 50.5 Å². The van der Waals surface area contributed by atoms with Gasteiger partial charge in [0, 0.05) is 18.5 Å². The summed E-state index contributed by atoms with van der Waals surface area (Å²) in [5, 5.41) is 4.55. The van der Waals surface area contributed by atoms with Crippen LogP contribution in [0.15, 0.2) is 66.7 Å². The fourth-order valence-corrected chi connectivity index (χ4v) is 5.20. The van der Waals surface area contributed by atoms with Crippen LogP contribution in [0.25, 0.3) is 10.8 Å². The minimum Gasteiger partial charge on any atom is -0.354 e. The van der Waals surface area contributed by atoms with Gasteiger partial charge in [-0.05, 0) is 36.8 Å². The zero-order valence-electron chi connectivity index (χ0n) is 22.1. The number of nitrogens with zero attached hydrogens (tertiary/aromatic N) is 2. The average molecular weight is 524 g/mol. The van der Waals surface area contributed by atoms with Crippen LogP contribution in [0, 0.1) is 6.92 Å². The Morgan fingerprint density at radius 3 is 2.27 bits per heavy atom. The molecule has 0 fully saturated rings. The monoisotopic (exact) mass is 523 g/mol. The first-order valence-electron chi connectivity index (χ1n) is 12.7. The lowest BCUT2D eigenvalue weighted by Gasteiger charge is -2.33. The van der Waals surface area contributed by atoms with Crippen molar-refractivity contribution in [2.45, 2.75) is 52.6 Å². The SMILES string of the molecule is CCCCNC(=O)[C@H](CC)N(Cc1ccc(C)cc1)C(=O)CN(c1cccc2ccccc12)S(C)(=O)=O. The molecule has 8 heteroatoms. The third-order valence-corrected chi connectivity index (χ3v) is 7.53. The van der Waals surface area contributed by atoms with E-state index in [2.05, 4.69) is 5.32 Å². The van der Waals surface area contributed by atoms with Gasteiger partial charge in [-0.2, -0.15) is 0 Å². The molecular weight excluding hydrogens is 486 g/mol. The maximum absolute atomic E-state index is 13.9. The number of aryl methyl sites for hydroxylation is 1. The number of benzene rings is 3. The molecule has 7 nitrogen and oxygen atoms in total. The Morgan fingerprint density at radius 2 is 1.62 bits per heavy atom. The van der Waals surface area contributed by atoms with E-state index in [9.17, 15) is 18.0 Å². The largest absolute Gasteiger partial charge is 0.354 e. The number of sulfonamides is 1. The number of unbranched alkanes of at least 4 members (excludes halogenated alkanes) is 1. The van der Waals surface area contributed by atoms with Crippen LogP contribution in [0.5, 0.6) is 0 Å². The summed E-state index contributed by atoms with van der Waals surface area (Å²) < 4.78 is 27.0. The number of carbonyl (C=O) groups excluding carboxylic acids is 2.